The Morgan fingerprint density at radius 1 is 1.35 bits per heavy atom. The van der Waals surface area contributed by atoms with E-state index in [1.165, 1.54) is 12.1 Å². The maximum atomic E-state index is 13.3. The molecule has 4 nitrogen and oxygen atoms in total. The minimum Gasteiger partial charge on any atom is -0.355 e. The second kappa shape index (κ2) is 5.25. The smallest absolute Gasteiger partial charge is 0.153 e. The molecule has 0 radical (unpaired) electrons. The van der Waals surface area contributed by atoms with Crippen LogP contribution in [0, 0.1) is 12.7 Å². The first kappa shape index (κ1) is 13.1. The molecule has 20 heavy (non-hydrogen) atoms. The minimum absolute atomic E-state index is 0.234. The van der Waals surface area contributed by atoms with E-state index < -0.39 is 0 Å². The van der Waals surface area contributed by atoms with Crippen LogP contribution in [0.25, 0.3) is 11.3 Å². The molecule has 3 rings (SSSR count). The number of aromatic amines is 1. The Morgan fingerprint density at radius 2 is 2.10 bits per heavy atom. The maximum Gasteiger partial charge on any atom is 0.153 e. The molecule has 0 aliphatic carbocycles. The van der Waals surface area contributed by atoms with Gasteiger partial charge in [-0.05, 0) is 31.9 Å². The number of benzene rings is 1. The van der Waals surface area contributed by atoms with Gasteiger partial charge in [-0.2, -0.15) is 5.10 Å². The molecule has 0 unspecified atom stereocenters. The third-order valence-corrected chi connectivity index (χ3v) is 3.94. The van der Waals surface area contributed by atoms with E-state index in [4.69, 9.17) is 5.73 Å². The van der Waals surface area contributed by atoms with Crippen LogP contribution in [0.5, 0.6) is 0 Å². The van der Waals surface area contributed by atoms with E-state index >= 15 is 0 Å². The van der Waals surface area contributed by atoms with Crippen molar-refractivity contribution < 1.29 is 4.39 Å². The molecule has 1 saturated heterocycles. The lowest BCUT2D eigenvalue weighted by atomic mass is 10.0. The summed E-state index contributed by atoms with van der Waals surface area (Å²) in [6, 6.07) is 6.87. The Hall–Kier alpha value is -1.88. The Balaban J connectivity index is 1.89. The zero-order chi connectivity index (χ0) is 14.1. The summed E-state index contributed by atoms with van der Waals surface area (Å²) in [7, 11) is 0. The molecule has 0 saturated carbocycles. The molecule has 0 spiro atoms. The van der Waals surface area contributed by atoms with Crippen molar-refractivity contribution >= 4 is 5.82 Å². The molecule has 2 heterocycles. The van der Waals surface area contributed by atoms with Crippen molar-refractivity contribution in [2.24, 2.45) is 5.73 Å². The van der Waals surface area contributed by atoms with Crippen molar-refractivity contribution in [3.63, 3.8) is 0 Å². The molecule has 0 amide bonds. The monoisotopic (exact) mass is 274 g/mol. The molecule has 0 atom stereocenters. The van der Waals surface area contributed by atoms with Crippen LogP contribution in [0.3, 0.4) is 0 Å². The number of nitrogens with one attached hydrogen (secondary N) is 1. The zero-order valence-corrected chi connectivity index (χ0v) is 11.6. The third kappa shape index (κ3) is 2.41. The van der Waals surface area contributed by atoms with Gasteiger partial charge in [0.15, 0.2) is 5.82 Å². The molecule has 2 aromatic rings. The van der Waals surface area contributed by atoms with Crippen LogP contribution in [0.4, 0.5) is 10.2 Å². The van der Waals surface area contributed by atoms with Gasteiger partial charge >= 0.3 is 0 Å². The van der Waals surface area contributed by atoms with E-state index in [0.29, 0.717) is 6.04 Å². The van der Waals surface area contributed by atoms with Gasteiger partial charge in [-0.25, -0.2) is 4.39 Å². The van der Waals surface area contributed by atoms with Gasteiger partial charge in [0.25, 0.3) is 0 Å². The molecular weight excluding hydrogens is 255 g/mol. The van der Waals surface area contributed by atoms with Crippen LogP contribution in [-0.4, -0.2) is 29.3 Å². The molecule has 1 aromatic heterocycles. The molecule has 1 aromatic carbocycles. The zero-order valence-electron chi connectivity index (χ0n) is 11.6. The summed E-state index contributed by atoms with van der Waals surface area (Å²) >= 11 is 0. The molecule has 1 aliphatic heterocycles. The SMILES string of the molecule is Cc1c(N2CCC(N)CC2)n[nH]c1-c1cccc(F)c1. The number of anilines is 1. The lowest BCUT2D eigenvalue weighted by Gasteiger charge is -2.30. The van der Waals surface area contributed by atoms with Gasteiger partial charge in [0, 0.05) is 30.3 Å². The van der Waals surface area contributed by atoms with E-state index in [-0.39, 0.29) is 5.82 Å². The summed E-state index contributed by atoms with van der Waals surface area (Å²) in [5.74, 6) is 0.721. The number of nitrogens with zero attached hydrogens (tertiary/aromatic N) is 2. The van der Waals surface area contributed by atoms with Crippen LogP contribution in [0.1, 0.15) is 18.4 Å². The summed E-state index contributed by atoms with van der Waals surface area (Å²) in [6.07, 6.45) is 1.98. The van der Waals surface area contributed by atoms with Crippen molar-refractivity contribution in [2.45, 2.75) is 25.8 Å². The summed E-state index contributed by atoms with van der Waals surface area (Å²) in [6.45, 7) is 3.87. The van der Waals surface area contributed by atoms with Crippen LogP contribution >= 0.6 is 0 Å². The molecule has 5 heteroatoms. The Kier molecular flexibility index (Phi) is 3.44. The lowest BCUT2D eigenvalue weighted by Crippen LogP contribution is -2.40. The highest BCUT2D eigenvalue weighted by atomic mass is 19.1. The highest BCUT2D eigenvalue weighted by Gasteiger charge is 2.21. The number of nitrogens with two attached hydrogens (primary N) is 1. The van der Waals surface area contributed by atoms with E-state index in [2.05, 4.69) is 15.1 Å². The van der Waals surface area contributed by atoms with E-state index in [1.54, 1.807) is 6.07 Å². The molecule has 106 valence electrons. The average molecular weight is 274 g/mol. The maximum absolute atomic E-state index is 13.3. The molecule has 1 aliphatic rings. The van der Waals surface area contributed by atoms with E-state index in [9.17, 15) is 4.39 Å². The highest BCUT2D eigenvalue weighted by Crippen LogP contribution is 2.29. The highest BCUT2D eigenvalue weighted by molar-refractivity contribution is 5.69. The Bertz CT molecular complexity index is 600. The second-order valence-corrected chi connectivity index (χ2v) is 5.38. The first-order chi connectivity index (χ1) is 9.65. The van der Waals surface area contributed by atoms with Crippen LogP contribution in [-0.2, 0) is 0 Å². The fourth-order valence-corrected chi connectivity index (χ4v) is 2.73. The van der Waals surface area contributed by atoms with Gasteiger partial charge < -0.3 is 10.6 Å². The van der Waals surface area contributed by atoms with E-state index in [0.717, 1.165) is 48.6 Å². The normalized spacial score (nSPS) is 16.6. The predicted molar refractivity (Wildman–Crippen MR) is 78.1 cm³/mol. The van der Waals surface area contributed by atoms with Gasteiger partial charge in [0.05, 0.1) is 5.69 Å². The fraction of sp³-hybridized carbons (Fsp3) is 0.400. The number of hydrogen-bond acceptors (Lipinski definition) is 3. The van der Waals surface area contributed by atoms with Gasteiger partial charge in [-0.1, -0.05) is 12.1 Å². The van der Waals surface area contributed by atoms with Gasteiger partial charge in [-0.15, -0.1) is 0 Å². The number of rotatable bonds is 2. The van der Waals surface area contributed by atoms with Gasteiger partial charge in [-0.3, -0.25) is 5.10 Å². The van der Waals surface area contributed by atoms with Gasteiger partial charge in [0.1, 0.15) is 5.82 Å². The third-order valence-electron chi connectivity index (χ3n) is 3.94. The first-order valence-electron chi connectivity index (χ1n) is 6.96. The summed E-state index contributed by atoms with van der Waals surface area (Å²) in [4.78, 5) is 2.25. The number of halogens is 1. The topological polar surface area (TPSA) is 57.9 Å². The Morgan fingerprint density at radius 3 is 2.80 bits per heavy atom. The number of aromatic nitrogens is 2. The molecule has 1 fully saturated rings. The predicted octanol–water partition coefficient (Wildman–Crippen LogP) is 2.45. The quantitative estimate of drug-likeness (QED) is 0.884. The second-order valence-electron chi connectivity index (χ2n) is 5.38. The summed E-state index contributed by atoms with van der Waals surface area (Å²) < 4.78 is 13.3. The molecule has 3 N–H and O–H groups in total. The Labute approximate surface area is 117 Å². The number of piperidine rings is 1. The van der Waals surface area contributed by atoms with E-state index in [1.807, 2.05) is 13.0 Å². The summed E-state index contributed by atoms with van der Waals surface area (Å²) in [5.41, 5.74) is 8.70. The van der Waals surface area contributed by atoms with Crippen molar-refractivity contribution in [3.8, 4) is 11.3 Å². The average Bonchev–Trinajstić information content (AvgIpc) is 2.82. The first-order valence-corrected chi connectivity index (χ1v) is 6.96. The summed E-state index contributed by atoms with van der Waals surface area (Å²) in [5, 5.41) is 7.44. The molecular formula is C15H19FN4. The van der Waals surface area contributed by atoms with Crippen LogP contribution in [0.15, 0.2) is 24.3 Å². The number of H-pyrrole nitrogens is 1. The number of hydrogen-bond donors (Lipinski definition) is 2. The van der Waals surface area contributed by atoms with Crippen molar-refractivity contribution in [1.29, 1.82) is 0 Å². The van der Waals surface area contributed by atoms with Crippen molar-refractivity contribution in [2.75, 3.05) is 18.0 Å². The molecule has 0 bridgehead atoms. The van der Waals surface area contributed by atoms with Crippen molar-refractivity contribution in [3.05, 3.63) is 35.6 Å². The van der Waals surface area contributed by atoms with Crippen molar-refractivity contribution in [1.82, 2.24) is 10.2 Å². The van der Waals surface area contributed by atoms with Gasteiger partial charge in [0.2, 0.25) is 0 Å². The lowest BCUT2D eigenvalue weighted by molar-refractivity contribution is 0.498. The largest absolute Gasteiger partial charge is 0.355 e. The van der Waals surface area contributed by atoms with Crippen LogP contribution in [0.2, 0.25) is 0 Å². The van der Waals surface area contributed by atoms with Crippen LogP contribution < -0.4 is 10.6 Å². The minimum atomic E-state index is -0.234. The standard InChI is InChI=1S/C15H19FN4/c1-10-14(11-3-2-4-12(16)9-11)18-19-15(10)20-7-5-13(17)6-8-20/h2-4,9,13H,5-8,17H2,1H3,(H,18,19). The fourth-order valence-electron chi connectivity index (χ4n) is 2.73.